The van der Waals surface area contributed by atoms with Gasteiger partial charge in [0.2, 0.25) is 0 Å². The Hall–Kier alpha value is -0.650. The Morgan fingerprint density at radius 1 is 1.65 bits per heavy atom. The number of carbonyl (C=O) groups is 1. The van der Waals surface area contributed by atoms with E-state index in [1.807, 2.05) is 7.05 Å². The summed E-state index contributed by atoms with van der Waals surface area (Å²) >= 11 is 0. The van der Waals surface area contributed by atoms with Gasteiger partial charge in [-0.15, -0.1) is 0 Å². The average molecular weight is 244 g/mol. The second kappa shape index (κ2) is 6.33. The number of carboxylic acids is 1. The number of hydrogen-bond acceptors (Lipinski definition) is 4. The molecule has 0 bridgehead atoms. The highest BCUT2D eigenvalue weighted by molar-refractivity contribution is 5.77. The quantitative estimate of drug-likeness (QED) is 0.713. The third-order valence-corrected chi connectivity index (χ3v) is 3.33. The molecule has 1 heterocycles. The van der Waals surface area contributed by atoms with Gasteiger partial charge in [0.05, 0.1) is 6.61 Å². The summed E-state index contributed by atoms with van der Waals surface area (Å²) in [6, 6.07) is 0. The van der Waals surface area contributed by atoms with Gasteiger partial charge in [-0.05, 0) is 39.2 Å². The monoisotopic (exact) mass is 244 g/mol. The fourth-order valence-electron chi connectivity index (χ4n) is 2.01. The summed E-state index contributed by atoms with van der Waals surface area (Å²) < 4.78 is 5.42. The third kappa shape index (κ3) is 5.02. The van der Waals surface area contributed by atoms with E-state index < -0.39 is 11.5 Å². The molecule has 5 heteroatoms. The Morgan fingerprint density at radius 2 is 2.35 bits per heavy atom. The minimum atomic E-state index is -1.13. The molecular formula is C12H24N2O3. The Balaban J connectivity index is 2.24. The van der Waals surface area contributed by atoms with Gasteiger partial charge in [0.15, 0.2) is 0 Å². The molecule has 0 aromatic rings. The van der Waals surface area contributed by atoms with Gasteiger partial charge in [0.25, 0.3) is 0 Å². The molecule has 3 N–H and O–H groups in total. The molecule has 1 aliphatic rings. The smallest absolute Gasteiger partial charge is 0.323 e. The molecule has 0 spiro atoms. The van der Waals surface area contributed by atoms with E-state index in [0.717, 1.165) is 26.2 Å². The van der Waals surface area contributed by atoms with Gasteiger partial charge in [0.1, 0.15) is 5.54 Å². The van der Waals surface area contributed by atoms with Gasteiger partial charge < -0.3 is 20.5 Å². The molecule has 1 fully saturated rings. The molecule has 0 radical (unpaired) electrons. The zero-order valence-corrected chi connectivity index (χ0v) is 10.8. The van der Waals surface area contributed by atoms with Crippen LogP contribution in [0.4, 0.5) is 0 Å². The second-order valence-electron chi connectivity index (χ2n) is 5.32. The summed E-state index contributed by atoms with van der Waals surface area (Å²) in [4.78, 5) is 13.0. The molecule has 0 aromatic heterocycles. The van der Waals surface area contributed by atoms with Crippen LogP contribution in [-0.4, -0.2) is 54.9 Å². The van der Waals surface area contributed by atoms with E-state index in [1.165, 1.54) is 6.42 Å². The van der Waals surface area contributed by atoms with Crippen molar-refractivity contribution in [2.24, 2.45) is 11.7 Å². The van der Waals surface area contributed by atoms with Crippen molar-refractivity contribution in [3.8, 4) is 0 Å². The van der Waals surface area contributed by atoms with Crippen LogP contribution < -0.4 is 5.73 Å². The number of carboxylic acid groups (broad SMARTS) is 1. The number of nitrogens with zero attached hydrogens (tertiary/aromatic N) is 1. The fourth-order valence-corrected chi connectivity index (χ4v) is 2.01. The number of nitrogens with two attached hydrogens (primary N) is 1. The molecule has 1 aliphatic heterocycles. The van der Waals surface area contributed by atoms with Crippen LogP contribution >= 0.6 is 0 Å². The van der Waals surface area contributed by atoms with Crippen LogP contribution in [0.2, 0.25) is 0 Å². The molecule has 1 rings (SSSR count). The Bertz CT molecular complexity index is 250. The Kier molecular flexibility index (Phi) is 5.36. The Morgan fingerprint density at radius 3 is 2.88 bits per heavy atom. The van der Waals surface area contributed by atoms with Crippen molar-refractivity contribution in [3.05, 3.63) is 0 Å². The van der Waals surface area contributed by atoms with E-state index >= 15 is 0 Å². The van der Waals surface area contributed by atoms with Crippen molar-refractivity contribution in [1.29, 1.82) is 0 Å². The molecule has 1 saturated heterocycles. The lowest BCUT2D eigenvalue weighted by atomic mass is 9.98. The van der Waals surface area contributed by atoms with Gasteiger partial charge in [-0.1, -0.05) is 0 Å². The van der Waals surface area contributed by atoms with Crippen molar-refractivity contribution < 1.29 is 14.6 Å². The predicted molar refractivity (Wildman–Crippen MR) is 65.9 cm³/mol. The standard InChI is InChI=1S/C12H24N2O3/c1-12(13,11(15)16)5-6-14(2)8-10-4-3-7-17-9-10/h10H,3-9,13H2,1-2H3,(H,15,16). The van der Waals surface area contributed by atoms with Crippen LogP contribution in [0, 0.1) is 5.92 Å². The van der Waals surface area contributed by atoms with E-state index in [4.69, 9.17) is 15.6 Å². The first-order valence-corrected chi connectivity index (χ1v) is 6.20. The maximum Gasteiger partial charge on any atom is 0.323 e. The number of ether oxygens (including phenoxy) is 1. The summed E-state index contributed by atoms with van der Waals surface area (Å²) in [7, 11) is 2.01. The highest BCUT2D eigenvalue weighted by atomic mass is 16.5. The lowest BCUT2D eigenvalue weighted by Gasteiger charge is -2.29. The minimum absolute atomic E-state index is 0.465. The van der Waals surface area contributed by atoms with Crippen molar-refractivity contribution in [2.45, 2.75) is 31.7 Å². The lowest BCUT2D eigenvalue weighted by molar-refractivity contribution is -0.143. The van der Waals surface area contributed by atoms with Crippen molar-refractivity contribution in [2.75, 3.05) is 33.4 Å². The topological polar surface area (TPSA) is 75.8 Å². The summed E-state index contributed by atoms with van der Waals surface area (Å²) in [6.45, 7) is 4.92. The van der Waals surface area contributed by atoms with Crippen molar-refractivity contribution in [1.82, 2.24) is 4.90 Å². The van der Waals surface area contributed by atoms with E-state index in [9.17, 15) is 4.79 Å². The fraction of sp³-hybridized carbons (Fsp3) is 0.917. The van der Waals surface area contributed by atoms with Crippen LogP contribution in [0.25, 0.3) is 0 Å². The van der Waals surface area contributed by atoms with Crippen molar-refractivity contribution in [3.63, 3.8) is 0 Å². The molecule has 2 unspecified atom stereocenters. The summed E-state index contributed by atoms with van der Waals surface area (Å²) in [5.74, 6) is -0.366. The van der Waals surface area contributed by atoms with E-state index in [-0.39, 0.29) is 0 Å². The second-order valence-corrected chi connectivity index (χ2v) is 5.32. The number of aliphatic carboxylic acids is 1. The molecule has 0 saturated carbocycles. The maximum atomic E-state index is 10.9. The maximum absolute atomic E-state index is 10.9. The molecule has 17 heavy (non-hydrogen) atoms. The van der Waals surface area contributed by atoms with Crippen LogP contribution in [0.3, 0.4) is 0 Å². The molecule has 0 amide bonds. The first-order valence-electron chi connectivity index (χ1n) is 6.20. The molecule has 5 nitrogen and oxygen atoms in total. The Labute approximate surface area is 103 Å². The van der Waals surface area contributed by atoms with Gasteiger partial charge >= 0.3 is 5.97 Å². The van der Waals surface area contributed by atoms with Gasteiger partial charge in [-0.3, -0.25) is 4.79 Å². The van der Waals surface area contributed by atoms with Crippen LogP contribution in [0.5, 0.6) is 0 Å². The van der Waals surface area contributed by atoms with E-state index in [1.54, 1.807) is 6.92 Å². The minimum Gasteiger partial charge on any atom is -0.480 e. The zero-order valence-electron chi connectivity index (χ0n) is 10.8. The molecule has 0 aliphatic carbocycles. The SMILES string of the molecule is CN(CCC(C)(N)C(=O)O)CC1CCCOC1. The molecular weight excluding hydrogens is 220 g/mol. The van der Waals surface area contributed by atoms with Crippen LogP contribution in [-0.2, 0) is 9.53 Å². The van der Waals surface area contributed by atoms with Gasteiger partial charge in [0, 0.05) is 19.7 Å². The van der Waals surface area contributed by atoms with Gasteiger partial charge in [-0.2, -0.15) is 0 Å². The normalized spacial score (nSPS) is 24.6. The van der Waals surface area contributed by atoms with E-state index in [0.29, 0.717) is 18.9 Å². The highest BCUT2D eigenvalue weighted by Crippen LogP contribution is 2.15. The molecule has 100 valence electrons. The van der Waals surface area contributed by atoms with Crippen LogP contribution in [0.1, 0.15) is 26.2 Å². The molecule has 0 aromatic carbocycles. The predicted octanol–water partition coefficient (Wildman–Crippen LogP) is 0.537. The van der Waals surface area contributed by atoms with Crippen LogP contribution in [0.15, 0.2) is 0 Å². The van der Waals surface area contributed by atoms with Crippen molar-refractivity contribution >= 4 is 5.97 Å². The molecule has 2 atom stereocenters. The largest absolute Gasteiger partial charge is 0.480 e. The third-order valence-electron chi connectivity index (χ3n) is 3.33. The summed E-state index contributed by atoms with van der Waals surface area (Å²) in [6.07, 6.45) is 2.79. The average Bonchev–Trinajstić information content (AvgIpc) is 2.28. The summed E-state index contributed by atoms with van der Waals surface area (Å²) in [5, 5.41) is 8.91. The lowest BCUT2D eigenvalue weighted by Crippen LogP contribution is -2.47. The van der Waals surface area contributed by atoms with E-state index in [2.05, 4.69) is 4.90 Å². The summed E-state index contributed by atoms with van der Waals surface area (Å²) in [5.41, 5.74) is 4.56. The number of hydrogen-bond donors (Lipinski definition) is 2. The first-order chi connectivity index (χ1) is 7.92. The van der Waals surface area contributed by atoms with Gasteiger partial charge in [-0.25, -0.2) is 0 Å². The zero-order chi connectivity index (χ0) is 12.9. The highest BCUT2D eigenvalue weighted by Gasteiger charge is 2.28. The first kappa shape index (κ1) is 14.4. The number of rotatable bonds is 6.